The lowest BCUT2D eigenvalue weighted by Crippen LogP contribution is -2.39. The number of carbonyl (C=O) groups excluding carboxylic acids is 1. The molecule has 0 unspecified atom stereocenters. The third kappa shape index (κ3) is 7.91. The van der Waals surface area contributed by atoms with Gasteiger partial charge in [-0.1, -0.05) is 19.1 Å². The summed E-state index contributed by atoms with van der Waals surface area (Å²) in [6.45, 7) is 2.94. The lowest BCUT2D eigenvalue weighted by molar-refractivity contribution is -0.224. The highest BCUT2D eigenvalue weighted by atomic mass is 19.4. The third-order valence-corrected chi connectivity index (χ3v) is 7.60. The van der Waals surface area contributed by atoms with E-state index in [1.165, 1.54) is 0 Å². The summed E-state index contributed by atoms with van der Waals surface area (Å²) in [7, 11) is 0. The van der Waals surface area contributed by atoms with Crippen LogP contribution in [0.4, 0.5) is 22.0 Å². The number of ether oxygens (including phenoxy) is 4. The van der Waals surface area contributed by atoms with Crippen LogP contribution in [-0.2, 0) is 25.2 Å². The number of halogens is 5. The number of allylic oxidation sites excluding steroid dienone is 2. The van der Waals surface area contributed by atoms with E-state index in [0.29, 0.717) is 32.0 Å². The van der Waals surface area contributed by atoms with E-state index in [-0.39, 0.29) is 36.5 Å². The Morgan fingerprint density at radius 1 is 0.842 bits per heavy atom. The maximum atomic E-state index is 14.7. The van der Waals surface area contributed by atoms with Gasteiger partial charge in [0.1, 0.15) is 11.9 Å². The quantitative estimate of drug-likeness (QED) is 0.207. The molecule has 5 nitrogen and oxygen atoms in total. The Kier molecular flexibility index (Phi) is 9.34. The van der Waals surface area contributed by atoms with Crippen LogP contribution in [-0.4, -0.2) is 37.7 Å². The van der Waals surface area contributed by atoms with Crippen LogP contribution < -0.4 is 4.74 Å². The first-order valence-electron chi connectivity index (χ1n) is 13.4. The lowest BCUT2D eigenvalue weighted by atomic mass is 9.80. The summed E-state index contributed by atoms with van der Waals surface area (Å²) < 4.78 is 88.6. The fraction of sp³-hybridized carbons (Fsp3) is 0.679. The normalized spacial score (nSPS) is 31.2. The number of hydrogen-bond donors (Lipinski definition) is 0. The van der Waals surface area contributed by atoms with Crippen molar-refractivity contribution in [2.75, 3.05) is 13.2 Å². The van der Waals surface area contributed by atoms with Gasteiger partial charge in [0.25, 0.3) is 6.29 Å². The zero-order valence-corrected chi connectivity index (χ0v) is 21.4. The van der Waals surface area contributed by atoms with Crippen LogP contribution in [0.1, 0.15) is 63.9 Å². The molecule has 2 aliphatic carbocycles. The van der Waals surface area contributed by atoms with Gasteiger partial charge in [0, 0.05) is 5.92 Å². The minimum Gasteiger partial charge on any atom is -0.459 e. The molecule has 1 aromatic carbocycles. The van der Waals surface area contributed by atoms with Crippen molar-refractivity contribution in [2.24, 2.45) is 23.7 Å². The van der Waals surface area contributed by atoms with Crippen molar-refractivity contribution in [1.29, 1.82) is 0 Å². The summed E-state index contributed by atoms with van der Waals surface area (Å²) >= 11 is 0. The Hall–Kier alpha value is -2.20. The molecule has 3 fully saturated rings. The van der Waals surface area contributed by atoms with E-state index in [9.17, 15) is 26.7 Å². The smallest absolute Gasteiger partial charge is 0.416 e. The highest BCUT2D eigenvalue weighted by Crippen LogP contribution is 2.41. The molecule has 1 saturated heterocycles. The average molecular weight is 547 g/mol. The average Bonchev–Trinajstić information content (AvgIpc) is 2.88. The number of carbonyl (C=O) groups is 1. The lowest BCUT2D eigenvalue weighted by Gasteiger charge is -2.33. The second-order valence-electron chi connectivity index (χ2n) is 10.8. The number of rotatable bonds is 7. The van der Waals surface area contributed by atoms with Gasteiger partial charge in [-0.05, 0) is 87.5 Å². The van der Waals surface area contributed by atoms with Crippen molar-refractivity contribution in [1.82, 2.24) is 0 Å². The Balaban J connectivity index is 1.16. The molecule has 2 saturated carbocycles. The van der Waals surface area contributed by atoms with Gasteiger partial charge in [-0.3, -0.25) is 0 Å². The zero-order chi connectivity index (χ0) is 27.3. The molecular weight excluding hydrogens is 511 g/mol. The van der Waals surface area contributed by atoms with Crippen LogP contribution in [0.15, 0.2) is 36.4 Å². The molecule has 3 aliphatic rings. The predicted molar refractivity (Wildman–Crippen MR) is 128 cm³/mol. The van der Waals surface area contributed by atoms with Crippen molar-refractivity contribution >= 4 is 5.97 Å². The molecule has 0 bridgehead atoms. The standard InChI is InChI=1S/C28H35F5O5/c1-18-16-35-26(36-17-18)25(34)37-23-12-6-20(7-13-23)3-2-19-4-8-22(9-5-19)28(32,33)38-24-14-10-21(11-15-24)27(29,30)31/h2-3,10-11,14-15,18-20,22-23,26H,4-9,12-13,16-17H2,1H3/b3-2+. The summed E-state index contributed by atoms with van der Waals surface area (Å²) in [6.07, 6.45) is 0.222. The van der Waals surface area contributed by atoms with Crippen LogP contribution in [0.5, 0.6) is 5.75 Å². The molecule has 10 heteroatoms. The van der Waals surface area contributed by atoms with E-state index >= 15 is 0 Å². The molecule has 0 radical (unpaired) electrons. The van der Waals surface area contributed by atoms with Gasteiger partial charge in [0.15, 0.2) is 0 Å². The van der Waals surface area contributed by atoms with E-state index in [1.807, 2.05) is 6.92 Å². The van der Waals surface area contributed by atoms with Gasteiger partial charge in [-0.15, -0.1) is 0 Å². The minimum absolute atomic E-state index is 0.152. The Labute approximate surface area is 219 Å². The molecule has 212 valence electrons. The predicted octanol–water partition coefficient (Wildman–Crippen LogP) is 7.15. The summed E-state index contributed by atoms with van der Waals surface area (Å²) in [5, 5.41) is 0. The van der Waals surface area contributed by atoms with E-state index in [4.69, 9.17) is 18.9 Å². The van der Waals surface area contributed by atoms with E-state index in [1.54, 1.807) is 0 Å². The molecule has 4 rings (SSSR count). The van der Waals surface area contributed by atoms with Crippen molar-refractivity contribution < 1.29 is 45.7 Å². The number of esters is 1. The first kappa shape index (κ1) is 28.8. The fourth-order valence-corrected chi connectivity index (χ4v) is 5.27. The van der Waals surface area contributed by atoms with Crippen LogP contribution in [0.3, 0.4) is 0 Å². The van der Waals surface area contributed by atoms with Crippen LogP contribution in [0, 0.1) is 23.7 Å². The number of benzene rings is 1. The summed E-state index contributed by atoms with van der Waals surface area (Å²) in [5.41, 5.74) is -0.909. The topological polar surface area (TPSA) is 54.0 Å². The Bertz CT molecular complexity index is 924. The molecule has 0 amide bonds. The summed E-state index contributed by atoms with van der Waals surface area (Å²) in [4.78, 5) is 12.2. The van der Waals surface area contributed by atoms with E-state index in [0.717, 1.165) is 49.9 Å². The molecule has 1 aliphatic heterocycles. The molecular formula is C28H35F5O5. The minimum atomic E-state index is -4.53. The van der Waals surface area contributed by atoms with Crippen LogP contribution in [0.25, 0.3) is 0 Å². The van der Waals surface area contributed by atoms with Gasteiger partial charge in [0.05, 0.1) is 24.7 Å². The summed E-state index contributed by atoms with van der Waals surface area (Å²) in [5.74, 6) is -0.915. The molecule has 0 aromatic heterocycles. The Morgan fingerprint density at radius 2 is 1.37 bits per heavy atom. The highest BCUT2D eigenvalue weighted by Gasteiger charge is 2.44. The maximum Gasteiger partial charge on any atom is 0.416 e. The van der Waals surface area contributed by atoms with Crippen LogP contribution >= 0.6 is 0 Å². The van der Waals surface area contributed by atoms with E-state index < -0.39 is 36.0 Å². The molecule has 0 N–H and O–H groups in total. The number of alkyl halides is 5. The van der Waals surface area contributed by atoms with E-state index in [2.05, 4.69) is 12.2 Å². The first-order chi connectivity index (χ1) is 18.0. The van der Waals surface area contributed by atoms with Crippen molar-refractivity contribution in [2.45, 2.75) is 83.0 Å². The molecule has 0 atom stereocenters. The number of hydrogen-bond acceptors (Lipinski definition) is 5. The molecule has 38 heavy (non-hydrogen) atoms. The van der Waals surface area contributed by atoms with Gasteiger partial charge in [-0.2, -0.15) is 22.0 Å². The van der Waals surface area contributed by atoms with Crippen molar-refractivity contribution in [3.63, 3.8) is 0 Å². The van der Waals surface area contributed by atoms with Gasteiger partial charge >= 0.3 is 18.3 Å². The second-order valence-corrected chi connectivity index (χ2v) is 10.8. The van der Waals surface area contributed by atoms with Gasteiger partial charge in [-0.25, -0.2) is 4.79 Å². The zero-order valence-electron chi connectivity index (χ0n) is 21.4. The second kappa shape index (κ2) is 12.3. The highest BCUT2D eigenvalue weighted by molar-refractivity contribution is 5.73. The summed E-state index contributed by atoms with van der Waals surface area (Å²) in [6, 6.07) is 3.34. The molecule has 1 heterocycles. The van der Waals surface area contributed by atoms with Gasteiger partial charge < -0.3 is 18.9 Å². The maximum absolute atomic E-state index is 14.7. The molecule has 0 spiro atoms. The SMILES string of the molecule is CC1COC(C(=O)OC2CCC(/C=C/C3CCC(C(F)(F)Oc4ccc(C(F)(F)F)cc4)CC3)CC2)OC1. The Morgan fingerprint density at radius 3 is 1.89 bits per heavy atom. The van der Waals surface area contributed by atoms with Gasteiger partial charge in [0.2, 0.25) is 0 Å². The third-order valence-electron chi connectivity index (χ3n) is 7.60. The fourth-order valence-electron chi connectivity index (χ4n) is 5.27. The van der Waals surface area contributed by atoms with Crippen LogP contribution in [0.2, 0.25) is 0 Å². The first-order valence-corrected chi connectivity index (χ1v) is 13.4. The van der Waals surface area contributed by atoms with Crippen molar-refractivity contribution in [3.05, 3.63) is 42.0 Å². The molecule has 1 aromatic rings. The largest absolute Gasteiger partial charge is 0.459 e. The van der Waals surface area contributed by atoms with Crippen molar-refractivity contribution in [3.8, 4) is 5.75 Å². The monoisotopic (exact) mass is 546 g/mol.